The van der Waals surface area contributed by atoms with E-state index in [1.807, 2.05) is 12.1 Å². The summed E-state index contributed by atoms with van der Waals surface area (Å²) in [6.07, 6.45) is 17.4. The van der Waals surface area contributed by atoms with Gasteiger partial charge in [0.2, 0.25) is 0 Å². The normalized spacial score (nSPS) is 39.6. The first kappa shape index (κ1) is 17.8. The first-order valence-electron chi connectivity index (χ1n) is 11.7. The number of nitrogen functional groups attached to an aromatic ring is 1. The van der Waals surface area contributed by atoms with Crippen molar-refractivity contribution >= 4 is 11.4 Å². The summed E-state index contributed by atoms with van der Waals surface area (Å²) in [6, 6.07) is 11.6. The van der Waals surface area contributed by atoms with Crippen molar-refractivity contribution in [3.8, 4) is 0 Å². The molecule has 4 aliphatic rings. The van der Waals surface area contributed by atoms with Gasteiger partial charge in [0.25, 0.3) is 0 Å². The second kappa shape index (κ2) is 7.66. The minimum Gasteiger partial charge on any atom is -0.399 e. The Hall–Kier alpha value is -1.22. The molecule has 3 heteroatoms. The lowest BCUT2D eigenvalue weighted by atomic mass is 9.73. The maximum absolute atomic E-state index is 5.82. The fraction of sp³-hybridized carbons (Fsp3) is 0.750. The quantitative estimate of drug-likeness (QED) is 0.700. The van der Waals surface area contributed by atoms with Crippen LogP contribution in [-0.2, 0) is 0 Å². The predicted molar refractivity (Wildman–Crippen MR) is 114 cm³/mol. The molecular weight excluding hydrogens is 330 g/mol. The minimum absolute atomic E-state index is 0.636. The number of nitrogens with two attached hydrogens (primary N) is 1. The van der Waals surface area contributed by atoms with Gasteiger partial charge >= 0.3 is 0 Å². The number of rotatable bonds is 3. The van der Waals surface area contributed by atoms with E-state index in [0.717, 1.165) is 35.6 Å². The number of hydrogen-bond acceptors (Lipinski definition) is 3. The van der Waals surface area contributed by atoms with Crippen molar-refractivity contribution in [3.63, 3.8) is 0 Å². The number of benzene rings is 1. The van der Waals surface area contributed by atoms with Crippen molar-refractivity contribution in [1.82, 2.24) is 4.90 Å². The third-order valence-corrected chi connectivity index (χ3v) is 8.28. The van der Waals surface area contributed by atoms with Gasteiger partial charge < -0.3 is 11.1 Å². The molecular formula is C24H37N3. The Bertz CT molecular complexity index is 597. The molecule has 0 aromatic heterocycles. The first-order chi connectivity index (χ1) is 13.3. The molecule has 0 spiro atoms. The fourth-order valence-corrected chi connectivity index (χ4v) is 7.14. The second-order valence-corrected chi connectivity index (χ2v) is 9.75. The smallest absolute Gasteiger partial charge is 0.0343 e. The SMILES string of the molecule is Nc1ccc(NC2CCC(N3C4CCCCC4C4CCCCC43)CC2)cc1. The highest BCUT2D eigenvalue weighted by atomic mass is 15.3. The highest BCUT2D eigenvalue weighted by Crippen LogP contribution is 2.51. The van der Waals surface area contributed by atoms with E-state index in [0.29, 0.717) is 6.04 Å². The van der Waals surface area contributed by atoms with Crippen LogP contribution >= 0.6 is 0 Å². The van der Waals surface area contributed by atoms with Crippen molar-refractivity contribution in [3.05, 3.63) is 24.3 Å². The van der Waals surface area contributed by atoms with Crippen LogP contribution in [0.2, 0.25) is 0 Å². The lowest BCUT2D eigenvalue weighted by molar-refractivity contribution is 0.0634. The average Bonchev–Trinajstić information content (AvgIpc) is 3.05. The number of hydrogen-bond donors (Lipinski definition) is 2. The monoisotopic (exact) mass is 367 g/mol. The molecule has 27 heavy (non-hydrogen) atoms. The van der Waals surface area contributed by atoms with Crippen LogP contribution in [0, 0.1) is 11.8 Å². The molecule has 1 aromatic rings. The molecule has 4 unspecified atom stereocenters. The maximum atomic E-state index is 5.82. The van der Waals surface area contributed by atoms with Gasteiger partial charge in [0, 0.05) is 35.5 Å². The number of likely N-dealkylation sites (tertiary alicyclic amines) is 1. The second-order valence-electron chi connectivity index (χ2n) is 9.75. The van der Waals surface area contributed by atoms with Gasteiger partial charge in [-0.25, -0.2) is 0 Å². The summed E-state index contributed by atoms with van der Waals surface area (Å²) in [5, 5.41) is 3.76. The van der Waals surface area contributed by atoms with Gasteiger partial charge in [-0.2, -0.15) is 0 Å². The summed E-state index contributed by atoms with van der Waals surface area (Å²) in [6.45, 7) is 0. The maximum Gasteiger partial charge on any atom is 0.0343 e. The molecule has 3 N–H and O–H groups in total. The molecule has 3 aliphatic carbocycles. The number of fused-ring (bicyclic) bond motifs is 3. The van der Waals surface area contributed by atoms with Crippen LogP contribution in [-0.4, -0.2) is 29.1 Å². The van der Waals surface area contributed by atoms with E-state index in [1.54, 1.807) is 0 Å². The number of nitrogens with zero attached hydrogens (tertiary/aromatic N) is 1. The molecule has 4 atom stereocenters. The third-order valence-electron chi connectivity index (χ3n) is 8.28. The van der Waals surface area contributed by atoms with Crippen LogP contribution in [0.3, 0.4) is 0 Å². The zero-order valence-electron chi connectivity index (χ0n) is 16.8. The highest BCUT2D eigenvalue weighted by Gasteiger charge is 2.51. The molecule has 1 saturated heterocycles. The van der Waals surface area contributed by atoms with Gasteiger partial charge in [0.15, 0.2) is 0 Å². The van der Waals surface area contributed by atoms with Gasteiger partial charge in [-0.15, -0.1) is 0 Å². The Morgan fingerprint density at radius 1 is 0.704 bits per heavy atom. The highest BCUT2D eigenvalue weighted by molar-refractivity contribution is 5.51. The van der Waals surface area contributed by atoms with Gasteiger partial charge in [-0.3, -0.25) is 4.90 Å². The van der Waals surface area contributed by atoms with Crippen molar-refractivity contribution in [2.45, 2.75) is 101 Å². The van der Waals surface area contributed by atoms with E-state index in [-0.39, 0.29) is 0 Å². The van der Waals surface area contributed by atoms with E-state index in [4.69, 9.17) is 5.73 Å². The summed E-state index contributed by atoms with van der Waals surface area (Å²) < 4.78 is 0. The molecule has 148 valence electrons. The number of nitrogens with one attached hydrogen (secondary N) is 1. The van der Waals surface area contributed by atoms with E-state index in [9.17, 15) is 0 Å². The molecule has 0 radical (unpaired) electrons. The lowest BCUT2D eigenvalue weighted by Crippen LogP contribution is -2.49. The summed E-state index contributed by atoms with van der Waals surface area (Å²) in [5.74, 6) is 2.07. The van der Waals surface area contributed by atoms with Crippen molar-refractivity contribution < 1.29 is 0 Å². The van der Waals surface area contributed by atoms with E-state index >= 15 is 0 Å². The summed E-state index contributed by atoms with van der Waals surface area (Å²) in [4.78, 5) is 3.10. The Morgan fingerprint density at radius 2 is 1.26 bits per heavy atom. The Labute approximate surface area is 165 Å². The third kappa shape index (κ3) is 3.48. The van der Waals surface area contributed by atoms with Crippen molar-refractivity contribution in [2.24, 2.45) is 11.8 Å². The molecule has 1 aliphatic heterocycles. The van der Waals surface area contributed by atoms with Gasteiger partial charge in [0.1, 0.15) is 0 Å². The summed E-state index contributed by atoms with van der Waals surface area (Å²) >= 11 is 0. The molecule has 5 rings (SSSR count). The van der Waals surface area contributed by atoms with Crippen LogP contribution in [0.5, 0.6) is 0 Å². The van der Waals surface area contributed by atoms with Gasteiger partial charge in [0.05, 0.1) is 0 Å². The van der Waals surface area contributed by atoms with Gasteiger partial charge in [-0.05, 0) is 87.5 Å². The van der Waals surface area contributed by atoms with Crippen LogP contribution in [0.1, 0.15) is 77.0 Å². The standard InChI is InChI=1S/C24H37N3/c25-17-9-11-18(12-10-17)26-19-13-15-20(16-14-19)27-23-7-3-1-5-21(23)22-6-2-4-8-24(22)27/h9-12,19-24,26H,1-8,13-16,25H2. The Kier molecular flexibility index (Phi) is 5.06. The first-order valence-corrected chi connectivity index (χ1v) is 11.7. The minimum atomic E-state index is 0.636. The molecule has 0 bridgehead atoms. The lowest BCUT2D eigenvalue weighted by Gasteiger charge is -2.43. The molecule has 3 saturated carbocycles. The predicted octanol–water partition coefficient (Wildman–Crippen LogP) is 5.43. The van der Waals surface area contributed by atoms with Crippen molar-refractivity contribution in [2.75, 3.05) is 11.1 Å². The zero-order chi connectivity index (χ0) is 18.2. The number of anilines is 2. The van der Waals surface area contributed by atoms with Crippen LogP contribution < -0.4 is 11.1 Å². The average molecular weight is 368 g/mol. The molecule has 0 amide bonds. The van der Waals surface area contributed by atoms with Crippen LogP contribution in [0.15, 0.2) is 24.3 Å². The molecule has 1 aromatic carbocycles. The van der Waals surface area contributed by atoms with E-state index in [1.165, 1.54) is 82.7 Å². The fourth-order valence-electron chi connectivity index (χ4n) is 7.14. The van der Waals surface area contributed by atoms with Gasteiger partial charge in [-0.1, -0.05) is 25.7 Å². The van der Waals surface area contributed by atoms with E-state index in [2.05, 4.69) is 22.3 Å². The molecule has 3 nitrogen and oxygen atoms in total. The van der Waals surface area contributed by atoms with Crippen LogP contribution in [0.4, 0.5) is 11.4 Å². The summed E-state index contributed by atoms with van der Waals surface area (Å²) in [5.41, 5.74) is 7.90. The molecule has 4 fully saturated rings. The van der Waals surface area contributed by atoms with Crippen molar-refractivity contribution in [1.29, 1.82) is 0 Å². The van der Waals surface area contributed by atoms with Crippen LogP contribution in [0.25, 0.3) is 0 Å². The molecule has 1 heterocycles. The Morgan fingerprint density at radius 3 is 1.85 bits per heavy atom. The zero-order valence-corrected chi connectivity index (χ0v) is 16.8. The largest absolute Gasteiger partial charge is 0.399 e. The Balaban J connectivity index is 1.23. The summed E-state index contributed by atoms with van der Waals surface area (Å²) in [7, 11) is 0. The van der Waals surface area contributed by atoms with E-state index < -0.39 is 0 Å². The topological polar surface area (TPSA) is 41.3 Å².